The number of hydrazine groups is 1. The van der Waals surface area contributed by atoms with Crippen molar-refractivity contribution in [2.24, 2.45) is 0 Å². The summed E-state index contributed by atoms with van der Waals surface area (Å²) < 4.78 is 55.6. The molecule has 0 fully saturated rings. The first-order valence-corrected chi connectivity index (χ1v) is 7.56. The predicted molar refractivity (Wildman–Crippen MR) is 88.7 cm³/mol. The van der Waals surface area contributed by atoms with Crippen LogP contribution in [0.2, 0.25) is 0 Å². The summed E-state index contributed by atoms with van der Waals surface area (Å²) in [6.45, 7) is -0.427. The zero-order chi connectivity index (χ0) is 19.9. The van der Waals surface area contributed by atoms with Crippen LogP contribution in [-0.2, 0) is 15.8 Å². The van der Waals surface area contributed by atoms with Crippen molar-refractivity contribution in [1.82, 2.24) is 10.9 Å². The lowest BCUT2D eigenvalue weighted by atomic mass is 10.1. The van der Waals surface area contributed by atoms with Gasteiger partial charge < -0.3 is 4.74 Å². The molecule has 142 valence electrons. The second kappa shape index (κ2) is 8.84. The third kappa shape index (κ3) is 6.81. The summed E-state index contributed by atoms with van der Waals surface area (Å²) >= 11 is 0. The molecule has 0 aliphatic heterocycles. The molecular weight excluding hydrogens is 368 g/mol. The Balaban J connectivity index is 1.79. The minimum absolute atomic E-state index is 0.172. The molecule has 0 aliphatic rings. The number of hydrogen-bond donors (Lipinski definition) is 2. The van der Waals surface area contributed by atoms with Crippen LogP contribution in [0.1, 0.15) is 11.1 Å². The molecule has 0 unspecified atom stereocenters. The number of carbonyl (C=O) groups is 2. The molecule has 9 heteroatoms. The van der Waals surface area contributed by atoms with E-state index in [0.29, 0.717) is 0 Å². The molecule has 0 heterocycles. The molecule has 2 N–H and O–H groups in total. The maximum Gasteiger partial charge on any atom is 0.416 e. The fourth-order valence-electron chi connectivity index (χ4n) is 1.88. The number of alkyl halides is 3. The van der Waals surface area contributed by atoms with Crippen LogP contribution in [0, 0.1) is 5.82 Å². The van der Waals surface area contributed by atoms with Crippen molar-refractivity contribution < 1.29 is 31.9 Å². The standard InChI is InChI=1S/C18H14F4N2O3/c19-14-5-7-15(8-6-14)27-11-17(26)24-23-16(25)9-4-12-2-1-3-13(10-12)18(20,21)22/h1-10H,11H2,(H,23,25)(H,24,26)/b9-4+. The summed E-state index contributed by atoms with van der Waals surface area (Å²) in [5, 5.41) is 0. The third-order valence-corrected chi connectivity index (χ3v) is 3.15. The van der Waals surface area contributed by atoms with Crippen LogP contribution in [0.25, 0.3) is 6.08 Å². The van der Waals surface area contributed by atoms with Crippen molar-refractivity contribution in [2.45, 2.75) is 6.18 Å². The molecular formula is C18H14F4N2O3. The number of rotatable bonds is 5. The Morgan fingerprint density at radius 1 is 1.04 bits per heavy atom. The quantitative estimate of drug-likeness (QED) is 0.475. The molecule has 27 heavy (non-hydrogen) atoms. The Labute approximate surface area is 151 Å². The molecule has 0 aromatic heterocycles. The average Bonchev–Trinajstić information content (AvgIpc) is 2.64. The van der Waals surface area contributed by atoms with E-state index in [0.717, 1.165) is 30.3 Å². The Bertz CT molecular complexity index is 833. The van der Waals surface area contributed by atoms with Crippen molar-refractivity contribution in [3.63, 3.8) is 0 Å². The van der Waals surface area contributed by atoms with Gasteiger partial charge in [-0.05, 0) is 48.0 Å². The maximum atomic E-state index is 12.7. The lowest BCUT2D eigenvalue weighted by Crippen LogP contribution is -2.43. The number of hydrogen-bond acceptors (Lipinski definition) is 3. The second-order valence-electron chi connectivity index (χ2n) is 5.24. The molecule has 0 radical (unpaired) electrons. The lowest BCUT2D eigenvalue weighted by molar-refractivity contribution is -0.137. The largest absolute Gasteiger partial charge is 0.484 e. The van der Waals surface area contributed by atoms with E-state index in [4.69, 9.17) is 4.74 Å². The van der Waals surface area contributed by atoms with E-state index in [1.165, 1.54) is 30.3 Å². The van der Waals surface area contributed by atoms with E-state index in [1.807, 2.05) is 0 Å². The van der Waals surface area contributed by atoms with E-state index in [-0.39, 0.29) is 11.3 Å². The van der Waals surface area contributed by atoms with Crippen molar-refractivity contribution in [3.05, 3.63) is 71.6 Å². The Kier molecular flexibility index (Phi) is 6.53. The van der Waals surface area contributed by atoms with Crippen LogP contribution in [0.3, 0.4) is 0 Å². The van der Waals surface area contributed by atoms with E-state index in [9.17, 15) is 27.2 Å². The fraction of sp³-hybridized carbons (Fsp3) is 0.111. The van der Waals surface area contributed by atoms with Crippen LogP contribution in [0.5, 0.6) is 5.75 Å². The molecule has 0 saturated heterocycles. The summed E-state index contributed by atoms with van der Waals surface area (Å²) in [6, 6.07) is 9.40. The number of nitrogens with one attached hydrogen (secondary N) is 2. The zero-order valence-corrected chi connectivity index (χ0v) is 13.7. The van der Waals surface area contributed by atoms with Gasteiger partial charge in [0.05, 0.1) is 5.56 Å². The van der Waals surface area contributed by atoms with E-state index >= 15 is 0 Å². The van der Waals surface area contributed by atoms with Gasteiger partial charge in [0.2, 0.25) is 0 Å². The third-order valence-electron chi connectivity index (χ3n) is 3.15. The van der Waals surface area contributed by atoms with Crippen LogP contribution >= 0.6 is 0 Å². The summed E-state index contributed by atoms with van der Waals surface area (Å²) in [5.41, 5.74) is 3.46. The van der Waals surface area contributed by atoms with Gasteiger partial charge >= 0.3 is 6.18 Å². The second-order valence-corrected chi connectivity index (χ2v) is 5.24. The summed E-state index contributed by atoms with van der Waals surface area (Å²) in [4.78, 5) is 23.1. The van der Waals surface area contributed by atoms with Gasteiger partial charge in [-0.3, -0.25) is 20.4 Å². The van der Waals surface area contributed by atoms with Gasteiger partial charge in [0.15, 0.2) is 6.61 Å². The van der Waals surface area contributed by atoms with Crippen molar-refractivity contribution in [1.29, 1.82) is 0 Å². The SMILES string of the molecule is O=C(/C=C/c1cccc(C(F)(F)F)c1)NNC(=O)COc1ccc(F)cc1. The lowest BCUT2D eigenvalue weighted by Gasteiger charge is -2.08. The molecule has 2 rings (SSSR count). The van der Waals surface area contributed by atoms with Gasteiger partial charge in [-0.1, -0.05) is 12.1 Å². The van der Waals surface area contributed by atoms with Gasteiger partial charge in [0.1, 0.15) is 11.6 Å². The molecule has 2 aromatic rings. The van der Waals surface area contributed by atoms with Crippen LogP contribution in [-0.4, -0.2) is 18.4 Å². The van der Waals surface area contributed by atoms with Crippen LogP contribution in [0.4, 0.5) is 17.6 Å². The van der Waals surface area contributed by atoms with Gasteiger partial charge in [-0.25, -0.2) is 4.39 Å². The molecule has 2 amide bonds. The molecule has 0 atom stereocenters. The maximum absolute atomic E-state index is 12.7. The number of benzene rings is 2. The highest BCUT2D eigenvalue weighted by molar-refractivity contribution is 5.93. The first-order valence-electron chi connectivity index (χ1n) is 7.56. The number of ether oxygens (including phenoxy) is 1. The monoisotopic (exact) mass is 382 g/mol. The Hall–Kier alpha value is -3.36. The Morgan fingerprint density at radius 2 is 1.74 bits per heavy atom. The summed E-state index contributed by atoms with van der Waals surface area (Å²) in [5.74, 6) is -1.61. The minimum Gasteiger partial charge on any atom is -0.484 e. The smallest absolute Gasteiger partial charge is 0.416 e. The minimum atomic E-state index is -4.48. The van der Waals surface area contributed by atoms with E-state index in [1.54, 1.807) is 0 Å². The summed E-state index contributed by atoms with van der Waals surface area (Å²) in [6.07, 6.45) is -2.34. The van der Waals surface area contributed by atoms with Gasteiger partial charge in [-0.15, -0.1) is 0 Å². The molecule has 0 spiro atoms. The fourth-order valence-corrected chi connectivity index (χ4v) is 1.88. The van der Waals surface area contributed by atoms with Gasteiger partial charge in [-0.2, -0.15) is 13.2 Å². The van der Waals surface area contributed by atoms with Crippen molar-refractivity contribution in [3.8, 4) is 5.75 Å². The highest BCUT2D eigenvalue weighted by atomic mass is 19.4. The van der Waals surface area contributed by atoms with Gasteiger partial charge in [0, 0.05) is 6.08 Å². The zero-order valence-electron chi connectivity index (χ0n) is 13.7. The van der Waals surface area contributed by atoms with Gasteiger partial charge in [0.25, 0.3) is 11.8 Å². The summed E-state index contributed by atoms with van der Waals surface area (Å²) in [7, 11) is 0. The van der Waals surface area contributed by atoms with Crippen LogP contribution < -0.4 is 15.6 Å². The highest BCUT2D eigenvalue weighted by Gasteiger charge is 2.30. The van der Waals surface area contributed by atoms with E-state index < -0.39 is 36.0 Å². The normalized spacial score (nSPS) is 11.3. The highest BCUT2D eigenvalue weighted by Crippen LogP contribution is 2.29. The topological polar surface area (TPSA) is 67.4 Å². The van der Waals surface area contributed by atoms with Crippen molar-refractivity contribution in [2.75, 3.05) is 6.61 Å². The molecule has 5 nitrogen and oxygen atoms in total. The van der Waals surface area contributed by atoms with E-state index in [2.05, 4.69) is 10.9 Å². The Morgan fingerprint density at radius 3 is 2.41 bits per heavy atom. The predicted octanol–water partition coefficient (Wildman–Crippen LogP) is 3.08. The molecule has 0 bridgehead atoms. The molecule has 0 aliphatic carbocycles. The molecule has 2 aromatic carbocycles. The average molecular weight is 382 g/mol. The molecule has 0 saturated carbocycles. The number of amides is 2. The van der Waals surface area contributed by atoms with Crippen molar-refractivity contribution >= 4 is 17.9 Å². The first kappa shape index (κ1) is 20.0. The van der Waals surface area contributed by atoms with Crippen LogP contribution in [0.15, 0.2) is 54.6 Å². The number of carbonyl (C=O) groups excluding carboxylic acids is 2. The number of halogens is 4. The first-order chi connectivity index (χ1) is 12.7.